The first kappa shape index (κ1) is 23.9. The molecule has 1 saturated heterocycles. The number of hydrogen-bond acceptors (Lipinski definition) is 11. The van der Waals surface area contributed by atoms with Gasteiger partial charge < -0.3 is 29.7 Å². The molecular weight excluding hydrogens is 381 g/mol. The van der Waals surface area contributed by atoms with Crippen molar-refractivity contribution < 1.29 is 93.8 Å². The standard InChI is InChI=1S/C10H17NO9S2.K/c1-2-3-6(11-20-22(16,17)18)21-10-9(15)8(14)7(13)5(4-12)19-10;/h2,5,7-10,12-15H,1,3-4H2,(H,16,17,18);/q;+1/p-1/t5-,7-,8+,9-,10+;/m1./s1. The van der Waals surface area contributed by atoms with Crippen LogP contribution in [0.3, 0.4) is 0 Å². The van der Waals surface area contributed by atoms with Crippen LogP contribution < -0.4 is 51.4 Å². The Morgan fingerprint density at radius 2 is 1.96 bits per heavy atom. The maximum atomic E-state index is 10.4. The van der Waals surface area contributed by atoms with Gasteiger partial charge in [0, 0.05) is 6.42 Å². The van der Waals surface area contributed by atoms with Crippen LogP contribution >= 0.6 is 11.8 Å². The van der Waals surface area contributed by atoms with E-state index < -0.39 is 46.9 Å². The molecule has 0 unspecified atom stereocenters. The van der Waals surface area contributed by atoms with Crippen LogP contribution in [0.15, 0.2) is 17.8 Å². The summed E-state index contributed by atoms with van der Waals surface area (Å²) in [6, 6.07) is 0. The Bertz CT molecular complexity index is 512. The third kappa shape index (κ3) is 7.77. The molecule has 0 aromatic rings. The Kier molecular flexibility index (Phi) is 11.2. The van der Waals surface area contributed by atoms with Crippen LogP contribution in [0.5, 0.6) is 0 Å². The minimum atomic E-state index is -5.04. The molecule has 128 valence electrons. The van der Waals surface area contributed by atoms with E-state index in [2.05, 4.69) is 16.0 Å². The van der Waals surface area contributed by atoms with E-state index in [4.69, 9.17) is 9.84 Å². The van der Waals surface area contributed by atoms with E-state index in [0.29, 0.717) is 11.8 Å². The molecule has 0 saturated carbocycles. The molecule has 1 heterocycles. The quantitative estimate of drug-likeness (QED) is 0.0647. The molecular formula is C10H16KNO9S2. The molecule has 0 radical (unpaired) electrons. The molecule has 10 nitrogen and oxygen atoms in total. The Labute approximate surface area is 179 Å². The number of oxime groups is 1. The molecule has 1 fully saturated rings. The fraction of sp³-hybridized carbons (Fsp3) is 0.700. The van der Waals surface area contributed by atoms with Crippen LogP contribution in [0.4, 0.5) is 0 Å². The van der Waals surface area contributed by atoms with Gasteiger partial charge in [0.05, 0.1) is 6.61 Å². The predicted octanol–water partition coefficient (Wildman–Crippen LogP) is -5.11. The van der Waals surface area contributed by atoms with Gasteiger partial charge in [0.15, 0.2) is 0 Å². The summed E-state index contributed by atoms with van der Waals surface area (Å²) >= 11 is 0.660. The number of aliphatic hydroxyl groups excluding tert-OH is 4. The van der Waals surface area contributed by atoms with Gasteiger partial charge in [0.2, 0.25) is 0 Å². The smallest absolute Gasteiger partial charge is 0.714 e. The summed E-state index contributed by atoms with van der Waals surface area (Å²) < 4.78 is 40.1. The van der Waals surface area contributed by atoms with Crippen molar-refractivity contribution in [3.8, 4) is 0 Å². The second-order valence-electron chi connectivity index (χ2n) is 4.28. The van der Waals surface area contributed by atoms with Crippen LogP contribution in [-0.2, 0) is 19.4 Å². The zero-order chi connectivity index (χ0) is 16.9. The van der Waals surface area contributed by atoms with Crippen LogP contribution in [0, 0.1) is 0 Å². The second-order valence-corrected chi connectivity index (χ2v) is 6.41. The summed E-state index contributed by atoms with van der Waals surface area (Å²) in [5.74, 6) is 0. The summed E-state index contributed by atoms with van der Waals surface area (Å²) in [7, 11) is -5.04. The fourth-order valence-electron chi connectivity index (χ4n) is 1.62. The normalized spacial score (nSPS) is 32.0. The van der Waals surface area contributed by atoms with Crippen molar-refractivity contribution in [2.24, 2.45) is 5.16 Å². The average molecular weight is 397 g/mol. The van der Waals surface area contributed by atoms with Gasteiger partial charge in [0.25, 0.3) is 10.4 Å². The van der Waals surface area contributed by atoms with Crippen molar-refractivity contribution in [1.29, 1.82) is 0 Å². The predicted molar refractivity (Wildman–Crippen MR) is 74.4 cm³/mol. The van der Waals surface area contributed by atoms with Gasteiger partial charge in [-0.15, -0.1) is 6.58 Å². The van der Waals surface area contributed by atoms with Gasteiger partial charge in [-0.2, -0.15) is 8.42 Å². The van der Waals surface area contributed by atoms with Crippen molar-refractivity contribution >= 4 is 27.2 Å². The van der Waals surface area contributed by atoms with Crippen LogP contribution in [-0.4, -0.2) is 74.9 Å². The summed E-state index contributed by atoms with van der Waals surface area (Å²) in [6.07, 6.45) is -4.44. The van der Waals surface area contributed by atoms with E-state index in [1.54, 1.807) is 0 Å². The molecule has 5 atom stereocenters. The SMILES string of the molecule is C=CCC(=NOS(=O)(=O)[O-])S[C@@H]1O[C@H](CO)[C@@H](O)[C@H](O)[C@H]1O.[K+]. The second kappa shape index (κ2) is 10.8. The minimum Gasteiger partial charge on any atom is -0.714 e. The first-order chi connectivity index (χ1) is 10.2. The number of hydrogen-bond donors (Lipinski definition) is 4. The van der Waals surface area contributed by atoms with E-state index in [-0.39, 0.29) is 62.8 Å². The number of ether oxygens (including phenoxy) is 1. The Balaban J connectivity index is 0.00000484. The molecule has 13 heteroatoms. The van der Waals surface area contributed by atoms with Crippen LogP contribution in [0.1, 0.15) is 6.42 Å². The van der Waals surface area contributed by atoms with Gasteiger partial charge in [-0.25, -0.2) is 0 Å². The van der Waals surface area contributed by atoms with E-state index in [9.17, 15) is 28.3 Å². The third-order valence-electron chi connectivity index (χ3n) is 2.65. The van der Waals surface area contributed by atoms with Crippen LogP contribution in [0.25, 0.3) is 0 Å². The Hall–Kier alpha value is 0.906. The van der Waals surface area contributed by atoms with E-state index >= 15 is 0 Å². The number of aliphatic hydroxyl groups is 4. The minimum absolute atomic E-state index is 0. The topological polar surface area (TPSA) is 169 Å². The first-order valence-electron chi connectivity index (χ1n) is 5.99. The zero-order valence-corrected chi connectivity index (χ0v) is 16.9. The van der Waals surface area contributed by atoms with Gasteiger partial charge in [0.1, 0.15) is 34.9 Å². The summed E-state index contributed by atoms with van der Waals surface area (Å²) in [5.41, 5.74) is -1.17. The largest absolute Gasteiger partial charge is 1.00 e. The molecule has 1 rings (SSSR count). The van der Waals surface area contributed by atoms with E-state index in [1.165, 1.54) is 6.08 Å². The zero-order valence-electron chi connectivity index (χ0n) is 12.2. The number of allylic oxidation sites excluding steroid dienone is 1. The molecule has 0 aliphatic carbocycles. The Morgan fingerprint density at radius 1 is 1.35 bits per heavy atom. The maximum Gasteiger partial charge on any atom is 1.00 e. The monoisotopic (exact) mass is 397 g/mol. The van der Waals surface area contributed by atoms with Crippen molar-refractivity contribution in [2.75, 3.05) is 6.61 Å². The van der Waals surface area contributed by atoms with Crippen molar-refractivity contribution in [3.63, 3.8) is 0 Å². The summed E-state index contributed by atoms with van der Waals surface area (Å²) in [6.45, 7) is 2.80. The average Bonchev–Trinajstić information content (AvgIpc) is 2.44. The number of nitrogens with zero attached hydrogens (tertiary/aromatic N) is 1. The molecule has 1 aliphatic rings. The van der Waals surface area contributed by atoms with Gasteiger partial charge in [-0.1, -0.05) is 23.0 Å². The molecule has 0 amide bonds. The fourth-order valence-corrected chi connectivity index (χ4v) is 2.91. The summed E-state index contributed by atoms with van der Waals surface area (Å²) in [4.78, 5) is 0. The third-order valence-corrected chi connectivity index (χ3v) is 4.04. The number of rotatable bonds is 6. The molecule has 4 N–H and O–H groups in total. The van der Waals surface area contributed by atoms with E-state index in [1.807, 2.05) is 0 Å². The first-order valence-corrected chi connectivity index (χ1v) is 8.20. The summed E-state index contributed by atoms with van der Waals surface area (Å²) in [5, 5.41) is 41.2. The molecule has 1 aliphatic heterocycles. The van der Waals surface area contributed by atoms with Crippen molar-refractivity contribution in [2.45, 2.75) is 36.3 Å². The number of thioether (sulfide) groups is 1. The Morgan fingerprint density at radius 3 is 2.43 bits per heavy atom. The van der Waals surface area contributed by atoms with Gasteiger partial charge in [-0.3, -0.25) is 4.28 Å². The molecule has 0 aromatic heterocycles. The maximum absolute atomic E-state index is 10.4. The molecule has 0 aromatic carbocycles. The van der Waals surface area contributed by atoms with Crippen molar-refractivity contribution in [3.05, 3.63) is 12.7 Å². The molecule has 0 spiro atoms. The van der Waals surface area contributed by atoms with Crippen LogP contribution in [0.2, 0.25) is 0 Å². The van der Waals surface area contributed by atoms with E-state index in [0.717, 1.165) is 0 Å². The van der Waals surface area contributed by atoms with Crippen molar-refractivity contribution in [1.82, 2.24) is 0 Å². The molecule has 0 bridgehead atoms. The molecule has 23 heavy (non-hydrogen) atoms. The van der Waals surface area contributed by atoms with Gasteiger partial charge in [-0.05, 0) is 0 Å². The van der Waals surface area contributed by atoms with Gasteiger partial charge >= 0.3 is 51.4 Å².